The van der Waals surface area contributed by atoms with Crippen LogP contribution in [0.25, 0.3) is 0 Å². The van der Waals surface area contributed by atoms with E-state index in [4.69, 9.17) is 5.73 Å². The van der Waals surface area contributed by atoms with Crippen molar-refractivity contribution in [1.82, 2.24) is 10.6 Å². The van der Waals surface area contributed by atoms with Crippen LogP contribution < -0.4 is 5.73 Å². The highest BCUT2D eigenvalue weighted by Gasteiger charge is 2.03. The maximum absolute atomic E-state index is 10.4. The van der Waals surface area contributed by atoms with E-state index in [1.807, 2.05) is 0 Å². The van der Waals surface area contributed by atoms with Crippen molar-refractivity contribution in [2.45, 2.75) is 0 Å². The van der Waals surface area contributed by atoms with Crippen LogP contribution in [-0.4, -0.2) is 30.4 Å². The van der Waals surface area contributed by atoms with Gasteiger partial charge in [-0.15, -0.1) is 13.2 Å². The van der Waals surface area contributed by atoms with E-state index in [-0.39, 0.29) is 6.54 Å². The topological polar surface area (TPSA) is 44.1 Å². The Balaban J connectivity index is 3.76. The van der Waals surface area contributed by atoms with Gasteiger partial charge in [-0.25, -0.2) is 0 Å². The van der Waals surface area contributed by atoms with Gasteiger partial charge < -0.3 is 0 Å². The number of hydrogen-bond donors (Lipinski definition) is 0. The lowest BCUT2D eigenvalue weighted by Gasteiger charge is -2.15. The molecule has 0 bridgehead atoms. The Morgan fingerprint density at radius 1 is 1.36 bits per heavy atom. The van der Waals surface area contributed by atoms with Crippen LogP contribution in [0.3, 0.4) is 0 Å². The first-order valence-corrected chi connectivity index (χ1v) is 3.39. The fourth-order valence-electron chi connectivity index (χ4n) is 0.772. The van der Waals surface area contributed by atoms with Gasteiger partial charge in [0.1, 0.15) is 0 Å². The van der Waals surface area contributed by atoms with Crippen molar-refractivity contribution in [3.05, 3.63) is 25.3 Å². The van der Waals surface area contributed by atoms with E-state index in [1.165, 1.54) is 0 Å². The molecular weight excluding hydrogens is 140 g/mol. The lowest BCUT2D eigenvalue weighted by Crippen LogP contribution is -2.30. The number of nitrogens with one attached hydrogen (secondary N) is 1. The highest BCUT2D eigenvalue weighted by Crippen LogP contribution is 1.87. The molecule has 0 unspecified atom stereocenters. The van der Waals surface area contributed by atoms with Crippen molar-refractivity contribution >= 4 is 5.91 Å². The number of carbonyl (C=O) groups is 1. The van der Waals surface area contributed by atoms with E-state index < -0.39 is 5.91 Å². The third kappa shape index (κ3) is 5.36. The van der Waals surface area contributed by atoms with E-state index in [0.717, 1.165) is 0 Å². The quantitative estimate of drug-likeness (QED) is 0.521. The molecule has 0 spiro atoms. The summed E-state index contributed by atoms with van der Waals surface area (Å²) in [6, 6.07) is 0. The molecule has 11 heavy (non-hydrogen) atoms. The van der Waals surface area contributed by atoms with E-state index in [1.54, 1.807) is 17.1 Å². The van der Waals surface area contributed by atoms with E-state index in [0.29, 0.717) is 13.1 Å². The summed E-state index contributed by atoms with van der Waals surface area (Å²) in [5.74, 6) is -0.575. The van der Waals surface area contributed by atoms with Crippen molar-refractivity contribution in [2.75, 3.05) is 19.6 Å². The number of hydrogen-bond acceptors (Lipinski definition) is 2. The summed E-state index contributed by atoms with van der Waals surface area (Å²) in [5.41, 5.74) is 6.72. The van der Waals surface area contributed by atoms with Gasteiger partial charge in [-0.05, 0) is 0 Å². The largest absolute Gasteiger partial charge is 0.287 e. The lowest BCUT2D eigenvalue weighted by molar-refractivity contribution is -0.119. The van der Waals surface area contributed by atoms with Crippen LogP contribution in [0.4, 0.5) is 0 Å². The van der Waals surface area contributed by atoms with Crippen LogP contribution in [0.15, 0.2) is 25.3 Å². The Labute approximate surface area is 67.2 Å². The first-order valence-electron chi connectivity index (χ1n) is 3.39. The minimum absolute atomic E-state index is 0.151. The Bertz CT molecular complexity index is 144. The second-order valence-corrected chi connectivity index (χ2v) is 2.19. The molecule has 0 saturated carbocycles. The van der Waals surface area contributed by atoms with Gasteiger partial charge in [0.25, 0.3) is 5.91 Å². The van der Waals surface area contributed by atoms with Gasteiger partial charge in [-0.1, -0.05) is 12.2 Å². The smallest absolute Gasteiger partial charge is 0.252 e. The molecular formula is C8H13N2O. The Morgan fingerprint density at radius 2 is 1.82 bits per heavy atom. The molecule has 1 radical (unpaired) electrons. The third-order valence-electron chi connectivity index (χ3n) is 1.14. The van der Waals surface area contributed by atoms with Gasteiger partial charge in [-0.3, -0.25) is 15.4 Å². The second kappa shape index (κ2) is 5.68. The molecule has 1 amide bonds. The minimum atomic E-state index is -0.575. The van der Waals surface area contributed by atoms with Crippen molar-refractivity contribution in [2.24, 2.45) is 0 Å². The molecule has 0 saturated heterocycles. The van der Waals surface area contributed by atoms with E-state index >= 15 is 0 Å². The Morgan fingerprint density at radius 3 is 2.09 bits per heavy atom. The summed E-state index contributed by atoms with van der Waals surface area (Å²) >= 11 is 0. The van der Waals surface area contributed by atoms with Crippen LogP contribution in [0, 0.1) is 0 Å². The number of rotatable bonds is 6. The number of carbonyl (C=O) groups excluding carboxylic acids is 1. The minimum Gasteiger partial charge on any atom is -0.287 e. The molecule has 1 N–H and O–H groups in total. The molecule has 0 aliphatic rings. The highest BCUT2D eigenvalue weighted by atomic mass is 16.1. The summed E-state index contributed by atoms with van der Waals surface area (Å²) in [6.45, 7) is 8.48. The van der Waals surface area contributed by atoms with Crippen LogP contribution in [-0.2, 0) is 4.79 Å². The average molecular weight is 153 g/mol. The van der Waals surface area contributed by atoms with Crippen LogP contribution in [0.1, 0.15) is 0 Å². The molecule has 61 valence electrons. The fourth-order valence-corrected chi connectivity index (χ4v) is 0.772. The van der Waals surface area contributed by atoms with Crippen molar-refractivity contribution in [1.29, 1.82) is 0 Å². The van der Waals surface area contributed by atoms with E-state index in [2.05, 4.69) is 13.2 Å². The normalized spacial score (nSPS) is 9.55. The monoisotopic (exact) mass is 153 g/mol. The van der Waals surface area contributed by atoms with Gasteiger partial charge in [0.15, 0.2) is 0 Å². The molecule has 0 fully saturated rings. The molecule has 0 aliphatic heterocycles. The Hall–Kier alpha value is -1.09. The zero-order valence-electron chi connectivity index (χ0n) is 6.55. The first-order chi connectivity index (χ1) is 5.20. The molecule has 0 aliphatic carbocycles. The van der Waals surface area contributed by atoms with Crippen molar-refractivity contribution < 1.29 is 4.79 Å². The second-order valence-electron chi connectivity index (χ2n) is 2.19. The molecule has 0 heterocycles. The van der Waals surface area contributed by atoms with Gasteiger partial charge in [-0.2, -0.15) is 0 Å². The van der Waals surface area contributed by atoms with Crippen molar-refractivity contribution in [3.8, 4) is 0 Å². The standard InChI is InChI=1S/C8H13N2O/c1-3-5-10(6-4-2)7-8(9)11/h3-4,9H,1-2,5-7H2. The Kier molecular flexibility index (Phi) is 5.11. The van der Waals surface area contributed by atoms with Crippen LogP contribution >= 0.6 is 0 Å². The van der Waals surface area contributed by atoms with Crippen LogP contribution in [0.5, 0.6) is 0 Å². The predicted octanol–water partition coefficient (Wildman–Crippen LogP) is 0.470. The summed E-state index contributed by atoms with van der Waals surface area (Å²) in [4.78, 5) is 12.1. The molecule has 3 heteroatoms. The molecule has 0 aromatic rings. The molecule has 0 atom stereocenters. The van der Waals surface area contributed by atoms with Gasteiger partial charge in [0.05, 0.1) is 6.54 Å². The summed E-state index contributed by atoms with van der Waals surface area (Å²) in [6.07, 6.45) is 3.40. The summed E-state index contributed by atoms with van der Waals surface area (Å²) in [5, 5.41) is 0. The first kappa shape index (κ1) is 9.91. The molecule has 0 aromatic carbocycles. The van der Waals surface area contributed by atoms with E-state index in [9.17, 15) is 4.79 Å². The lowest BCUT2D eigenvalue weighted by atomic mass is 10.4. The average Bonchev–Trinajstić information content (AvgIpc) is 1.87. The molecule has 0 aromatic heterocycles. The van der Waals surface area contributed by atoms with Gasteiger partial charge in [0.2, 0.25) is 0 Å². The third-order valence-corrected chi connectivity index (χ3v) is 1.14. The zero-order chi connectivity index (χ0) is 8.69. The maximum Gasteiger partial charge on any atom is 0.252 e. The predicted molar refractivity (Wildman–Crippen MR) is 44.9 cm³/mol. The summed E-state index contributed by atoms with van der Waals surface area (Å²) in [7, 11) is 0. The molecule has 3 nitrogen and oxygen atoms in total. The molecule has 0 rings (SSSR count). The zero-order valence-corrected chi connectivity index (χ0v) is 6.55. The number of nitrogens with zero attached hydrogens (tertiary/aromatic N) is 1. The van der Waals surface area contributed by atoms with Crippen LogP contribution in [0.2, 0.25) is 0 Å². The summed E-state index contributed by atoms with van der Waals surface area (Å²) < 4.78 is 0. The van der Waals surface area contributed by atoms with Gasteiger partial charge in [0, 0.05) is 13.1 Å². The van der Waals surface area contributed by atoms with Gasteiger partial charge >= 0.3 is 0 Å². The maximum atomic E-state index is 10.4. The fraction of sp³-hybridized carbons (Fsp3) is 0.375. The SMILES string of the molecule is C=CCN(CC=C)CC([NH])=O. The number of amides is 1. The highest BCUT2D eigenvalue weighted by molar-refractivity contribution is 5.75. The van der Waals surface area contributed by atoms with Crippen molar-refractivity contribution in [3.63, 3.8) is 0 Å².